The van der Waals surface area contributed by atoms with Crippen LogP contribution in [-0.2, 0) is 10.0 Å². The first-order chi connectivity index (χ1) is 14.6. The lowest BCUT2D eigenvalue weighted by Crippen LogP contribution is -2.27. The fourth-order valence-corrected chi connectivity index (χ4v) is 5.56. The van der Waals surface area contributed by atoms with Crippen LogP contribution in [0.5, 0.6) is 5.75 Å². The lowest BCUT2D eigenvalue weighted by Gasteiger charge is -2.21. The Hall–Kier alpha value is -2.58. The number of hydrogen-bond donors (Lipinski definition) is 1. The second-order valence-electron chi connectivity index (χ2n) is 7.90. The Kier molecular flexibility index (Phi) is 6.91. The molecule has 0 unspecified atom stereocenters. The number of methoxy groups -OCH3 is 1. The molecule has 0 saturated carbocycles. The van der Waals surface area contributed by atoms with Crippen LogP contribution in [-0.4, -0.2) is 35.0 Å². The van der Waals surface area contributed by atoms with Crippen molar-refractivity contribution in [2.24, 2.45) is 5.92 Å². The summed E-state index contributed by atoms with van der Waals surface area (Å²) in [5.41, 5.74) is 1.34. The lowest BCUT2D eigenvalue weighted by molar-refractivity contribution is 0.0956. The number of sulfonamides is 1. The monoisotopic (exact) mass is 460 g/mol. The summed E-state index contributed by atoms with van der Waals surface area (Å²) in [5, 5.41) is 3.77. The van der Waals surface area contributed by atoms with Gasteiger partial charge in [0.05, 0.1) is 17.7 Å². The number of hydrogen-bond acceptors (Lipinski definition) is 5. The number of fused-ring (bicyclic) bond motifs is 1. The Morgan fingerprint density at radius 1 is 1.16 bits per heavy atom. The van der Waals surface area contributed by atoms with Crippen LogP contribution >= 0.6 is 11.3 Å². The van der Waals surface area contributed by atoms with Crippen LogP contribution < -0.4 is 14.4 Å². The zero-order chi connectivity index (χ0) is 22.8. The maximum absolute atomic E-state index is 13.3. The molecule has 1 N–H and O–H groups in total. The van der Waals surface area contributed by atoms with Gasteiger partial charge in [0.2, 0.25) is 0 Å². The van der Waals surface area contributed by atoms with Crippen molar-refractivity contribution in [3.8, 4) is 5.75 Å². The lowest BCUT2D eigenvalue weighted by atomic mass is 10.1. The summed E-state index contributed by atoms with van der Waals surface area (Å²) < 4.78 is 34.0. The first-order valence-corrected chi connectivity index (χ1v) is 12.3. The highest BCUT2D eigenvalue weighted by atomic mass is 32.2. The highest BCUT2D eigenvalue weighted by molar-refractivity contribution is 7.93. The Balaban J connectivity index is 1.89. The van der Waals surface area contributed by atoms with Crippen LogP contribution in [0.2, 0.25) is 0 Å². The van der Waals surface area contributed by atoms with E-state index in [0.717, 1.165) is 22.1 Å². The molecule has 0 fully saturated rings. The molecule has 0 bridgehead atoms. The number of amides is 1. The fourth-order valence-electron chi connectivity index (χ4n) is 3.17. The maximum Gasteiger partial charge on any atom is 0.267 e. The highest BCUT2D eigenvalue weighted by Crippen LogP contribution is 2.33. The summed E-state index contributed by atoms with van der Waals surface area (Å²) in [5.74, 6) is 0.720. The van der Waals surface area contributed by atoms with Crippen molar-refractivity contribution in [1.82, 2.24) is 5.32 Å². The van der Waals surface area contributed by atoms with Gasteiger partial charge in [0.15, 0.2) is 0 Å². The summed E-state index contributed by atoms with van der Waals surface area (Å²) in [6.45, 7) is 6.70. The van der Waals surface area contributed by atoms with E-state index in [-0.39, 0.29) is 10.8 Å². The molecule has 1 heterocycles. The molecule has 3 aromatic rings. The second-order valence-corrected chi connectivity index (χ2v) is 10.9. The van der Waals surface area contributed by atoms with E-state index in [1.807, 2.05) is 25.1 Å². The van der Waals surface area contributed by atoms with Gasteiger partial charge in [-0.05, 0) is 66.6 Å². The molecule has 2 aromatic carbocycles. The van der Waals surface area contributed by atoms with E-state index in [4.69, 9.17) is 4.74 Å². The summed E-state index contributed by atoms with van der Waals surface area (Å²) in [7, 11) is -0.852. The Labute approximate surface area is 187 Å². The average Bonchev–Trinajstić information content (AvgIpc) is 3.16. The number of ether oxygens (including phenoxy) is 1. The van der Waals surface area contributed by atoms with E-state index < -0.39 is 10.0 Å². The van der Waals surface area contributed by atoms with E-state index in [1.54, 1.807) is 24.3 Å². The standard InChI is InChI=1S/C23H28N2O4S2/c1-15(2)10-11-24-23(26)21-14-17-13-18(7-9-20(17)30-21)25(4)31(27,28)22-12-16(3)6-8-19(22)29-5/h6-9,12-15H,10-11H2,1-5H3,(H,24,26). The SMILES string of the molecule is COc1ccc(C)cc1S(=O)(=O)N(C)c1ccc2sc(C(=O)NCCC(C)C)cc2c1. The molecular weight excluding hydrogens is 432 g/mol. The van der Waals surface area contributed by atoms with Crippen LogP contribution in [0.25, 0.3) is 10.1 Å². The van der Waals surface area contributed by atoms with Gasteiger partial charge in [0.1, 0.15) is 10.6 Å². The Bertz CT molecular complexity index is 1200. The molecule has 0 saturated heterocycles. The number of aryl methyl sites for hydroxylation is 1. The third-order valence-corrected chi connectivity index (χ3v) is 7.97. The predicted octanol–water partition coefficient (Wildman–Crippen LogP) is 4.82. The average molecular weight is 461 g/mol. The smallest absolute Gasteiger partial charge is 0.267 e. The summed E-state index contributed by atoms with van der Waals surface area (Å²) in [4.78, 5) is 13.2. The van der Waals surface area contributed by atoms with Crippen molar-refractivity contribution >= 4 is 43.0 Å². The van der Waals surface area contributed by atoms with Gasteiger partial charge in [-0.2, -0.15) is 0 Å². The van der Waals surface area contributed by atoms with Gasteiger partial charge in [-0.25, -0.2) is 8.42 Å². The number of thiophene rings is 1. The summed E-state index contributed by atoms with van der Waals surface area (Å²) >= 11 is 1.40. The molecule has 0 aliphatic heterocycles. The topological polar surface area (TPSA) is 75.7 Å². The van der Waals surface area contributed by atoms with Crippen molar-refractivity contribution in [3.63, 3.8) is 0 Å². The number of anilines is 1. The van der Waals surface area contributed by atoms with Crippen LogP contribution in [0, 0.1) is 12.8 Å². The normalized spacial score (nSPS) is 11.7. The first kappa shape index (κ1) is 23.1. The molecule has 1 amide bonds. The van der Waals surface area contributed by atoms with Crippen molar-refractivity contribution in [1.29, 1.82) is 0 Å². The first-order valence-electron chi connectivity index (χ1n) is 10.1. The molecule has 0 aliphatic carbocycles. The zero-order valence-electron chi connectivity index (χ0n) is 18.4. The van der Waals surface area contributed by atoms with Gasteiger partial charge in [-0.1, -0.05) is 19.9 Å². The maximum atomic E-state index is 13.3. The van der Waals surface area contributed by atoms with Crippen molar-refractivity contribution in [2.45, 2.75) is 32.1 Å². The zero-order valence-corrected chi connectivity index (χ0v) is 20.1. The van der Waals surface area contributed by atoms with Gasteiger partial charge < -0.3 is 10.1 Å². The van der Waals surface area contributed by atoms with Gasteiger partial charge in [-0.3, -0.25) is 9.10 Å². The van der Waals surface area contributed by atoms with Crippen LogP contribution in [0.3, 0.4) is 0 Å². The molecule has 166 valence electrons. The van der Waals surface area contributed by atoms with E-state index in [0.29, 0.717) is 28.8 Å². The summed E-state index contributed by atoms with van der Waals surface area (Å²) in [6.07, 6.45) is 0.922. The van der Waals surface area contributed by atoms with Crippen LogP contribution in [0.4, 0.5) is 5.69 Å². The number of carbonyl (C=O) groups is 1. The van der Waals surface area contributed by atoms with E-state index in [2.05, 4.69) is 19.2 Å². The predicted molar refractivity (Wildman–Crippen MR) is 127 cm³/mol. The Morgan fingerprint density at radius 3 is 2.58 bits per heavy atom. The van der Waals surface area contributed by atoms with Gasteiger partial charge in [-0.15, -0.1) is 11.3 Å². The largest absolute Gasteiger partial charge is 0.495 e. The van der Waals surface area contributed by atoms with Crippen molar-refractivity contribution in [3.05, 3.63) is 52.9 Å². The Morgan fingerprint density at radius 2 is 1.90 bits per heavy atom. The van der Waals surface area contributed by atoms with E-state index in [1.165, 1.54) is 29.8 Å². The molecule has 3 rings (SSSR count). The van der Waals surface area contributed by atoms with E-state index >= 15 is 0 Å². The third-order valence-electron chi connectivity index (χ3n) is 5.05. The highest BCUT2D eigenvalue weighted by Gasteiger charge is 2.26. The van der Waals surface area contributed by atoms with E-state index in [9.17, 15) is 13.2 Å². The molecule has 31 heavy (non-hydrogen) atoms. The molecule has 6 nitrogen and oxygen atoms in total. The number of benzene rings is 2. The molecule has 1 aromatic heterocycles. The molecule has 0 atom stereocenters. The number of nitrogens with one attached hydrogen (secondary N) is 1. The summed E-state index contributed by atoms with van der Waals surface area (Å²) in [6, 6.07) is 12.3. The van der Waals surface area contributed by atoms with Crippen LogP contribution in [0.15, 0.2) is 47.4 Å². The minimum absolute atomic E-state index is 0.103. The molecule has 0 spiro atoms. The number of nitrogens with zero attached hydrogens (tertiary/aromatic N) is 1. The van der Waals surface area contributed by atoms with Crippen molar-refractivity contribution < 1.29 is 17.9 Å². The molecule has 8 heteroatoms. The second kappa shape index (κ2) is 9.28. The number of rotatable bonds is 8. The minimum Gasteiger partial charge on any atom is -0.495 e. The van der Waals surface area contributed by atoms with Gasteiger partial charge in [0.25, 0.3) is 15.9 Å². The van der Waals surface area contributed by atoms with Crippen molar-refractivity contribution in [2.75, 3.05) is 25.0 Å². The quantitative estimate of drug-likeness (QED) is 0.523. The molecule has 0 aliphatic rings. The van der Waals surface area contributed by atoms with Gasteiger partial charge in [0, 0.05) is 18.3 Å². The minimum atomic E-state index is -3.82. The van der Waals surface area contributed by atoms with Gasteiger partial charge >= 0.3 is 0 Å². The number of carbonyl (C=O) groups excluding carboxylic acids is 1. The third kappa shape index (κ3) is 5.02. The van der Waals surface area contributed by atoms with Crippen LogP contribution in [0.1, 0.15) is 35.5 Å². The molecular formula is C23H28N2O4S2. The fraction of sp³-hybridized carbons (Fsp3) is 0.348. The molecule has 0 radical (unpaired) electrons.